The molecule has 30 heavy (non-hydrogen) atoms. The Balaban J connectivity index is 0.00000256. The average molecular weight is 533 g/mol. The van der Waals surface area contributed by atoms with E-state index in [1.165, 1.54) is 19.3 Å². The molecule has 0 aromatic rings. The zero-order valence-electron chi connectivity index (χ0n) is 18.9. The zero-order valence-corrected chi connectivity index (χ0v) is 21.3. The zero-order chi connectivity index (χ0) is 20.4. The summed E-state index contributed by atoms with van der Waals surface area (Å²) in [5, 5.41) is 3.77. The van der Waals surface area contributed by atoms with Crippen molar-refractivity contribution in [1.29, 1.82) is 0 Å². The normalized spacial score (nSPS) is 29.8. The molecule has 4 rings (SSSR count). The number of hydrogen-bond acceptors (Lipinski definition) is 4. The highest BCUT2D eigenvalue weighted by Gasteiger charge is 2.59. The fourth-order valence-corrected chi connectivity index (χ4v) is 5.77. The lowest BCUT2D eigenvalue weighted by Gasteiger charge is -2.61. The number of carbonyl (C=O) groups is 1. The van der Waals surface area contributed by atoms with Gasteiger partial charge in [-0.15, -0.1) is 24.0 Å². The third-order valence-corrected chi connectivity index (χ3v) is 7.89. The molecule has 2 heterocycles. The summed E-state index contributed by atoms with van der Waals surface area (Å²) in [5.41, 5.74) is 0.338. The van der Waals surface area contributed by atoms with E-state index in [1.807, 2.05) is 11.9 Å². The molecule has 172 valence electrons. The van der Waals surface area contributed by atoms with Crippen LogP contribution in [0.3, 0.4) is 0 Å². The van der Waals surface area contributed by atoms with Gasteiger partial charge in [0.25, 0.3) is 0 Å². The fourth-order valence-electron chi connectivity index (χ4n) is 5.77. The SMILES string of the molecule is CCOC1CC(NC(=NC)N2CCN(C(C)C(=O)N3CCCC3)CC2)C12CCC2.I. The number of hydrogen-bond donors (Lipinski definition) is 1. The number of nitrogens with zero attached hydrogens (tertiary/aromatic N) is 4. The summed E-state index contributed by atoms with van der Waals surface area (Å²) in [6, 6.07) is 0.474. The highest BCUT2D eigenvalue weighted by molar-refractivity contribution is 14.0. The smallest absolute Gasteiger partial charge is 0.239 e. The summed E-state index contributed by atoms with van der Waals surface area (Å²) in [5.74, 6) is 1.33. The predicted octanol–water partition coefficient (Wildman–Crippen LogP) is 2.16. The van der Waals surface area contributed by atoms with Crippen LogP contribution < -0.4 is 5.32 Å². The van der Waals surface area contributed by atoms with Crippen molar-refractivity contribution in [1.82, 2.24) is 20.0 Å². The molecule has 2 aliphatic heterocycles. The number of piperazine rings is 1. The van der Waals surface area contributed by atoms with Crippen LogP contribution in [-0.2, 0) is 9.53 Å². The maximum absolute atomic E-state index is 12.7. The number of amides is 1. The van der Waals surface area contributed by atoms with E-state index in [0.717, 1.165) is 71.1 Å². The monoisotopic (exact) mass is 533 g/mol. The van der Waals surface area contributed by atoms with Gasteiger partial charge in [0, 0.05) is 64.4 Å². The van der Waals surface area contributed by atoms with Crippen molar-refractivity contribution >= 4 is 35.8 Å². The summed E-state index contributed by atoms with van der Waals surface area (Å²) in [7, 11) is 1.89. The Morgan fingerprint density at radius 2 is 1.77 bits per heavy atom. The third kappa shape index (κ3) is 4.46. The van der Waals surface area contributed by atoms with Crippen LogP contribution in [0.1, 0.15) is 52.4 Å². The van der Waals surface area contributed by atoms with Gasteiger partial charge in [-0.05, 0) is 46.0 Å². The van der Waals surface area contributed by atoms with Gasteiger partial charge in [0.15, 0.2) is 5.96 Å². The average Bonchev–Trinajstić information content (AvgIpc) is 3.23. The van der Waals surface area contributed by atoms with E-state index in [9.17, 15) is 4.79 Å². The number of rotatable bonds is 5. The third-order valence-electron chi connectivity index (χ3n) is 7.89. The molecule has 2 aliphatic carbocycles. The first-order chi connectivity index (χ1) is 14.1. The molecule has 1 N–H and O–H groups in total. The Labute approximate surface area is 199 Å². The lowest BCUT2D eigenvalue weighted by atomic mass is 9.51. The van der Waals surface area contributed by atoms with Crippen molar-refractivity contribution in [3.63, 3.8) is 0 Å². The van der Waals surface area contributed by atoms with Crippen molar-refractivity contribution < 1.29 is 9.53 Å². The molecule has 7 nitrogen and oxygen atoms in total. The van der Waals surface area contributed by atoms with Gasteiger partial charge in [-0.2, -0.15) is 0 Å². The van der Waals surface area contributed by atoms with Crippen LogP contribution >= 0.6 is 24.0 Å². The lowest BCUT2D eigenvalue weighted by Crippen LogP contribution is -2.69. The van der Waals surface area contributed by atoms with Crippen LogP contribution in [0.2, 0.25) is 0 Å². The van der Waals surface area contributed by atoms with E-state index < -0.39 is 0 Å². The van der Waals surface area contributed by atoms with Gasteiger partial charge >= 0.3 is 0 Å². The quantitative estimate of drug-likeness (QED) is 0.334. The van der Waals surface area contributed by atoms with Crippen molar-refractivity contribution in [3.8, 4) is 0 Å². The Kier molecular flexibility index (Phi) is 8.28. The summed E-state index contributed by atoms with van der Waals surface area (Å²) in [6.45, 7) is 10.5. The van der Waals surface area contributed by atoms with Gasteiger partial charge < -0.3 is 19.9 Å². The maximum atomic E-state index is 12.7. The van der Waals surface area contributed by atoms with Crippen LogP contribution in [-0.4, -0.2) is 97.7 Å². The van der Waals surface area contributed by atoms with Gasteiger partial charge in [0.1, 0.15) is 0 Å². The molecular weight excluding hydrogens is 493 g/mol. The van der Waals surface area contributed by atoms with E-state index in [-0.39, 0.29) is 30.0 Å². The van der Waals surface area contributed by atoms with E-state index >= 15 is 0 Å². The van der Waals surface area contributed by atoms with E-state index in [2.05, 4.69) is 34.0 Å². The van der Waals surface area contributed by atoms with E-state index in [4.69, 9.17) is 4.74 Å². The standard InChI is InChI=1S/C22H39N5O2.HI/c1-4-29-19-16-18(22(19)8-7-9-22)24-21(23-3)27-14-12-25(13-15-27)17(2)20(28)26-10-5-6-11-26;/h17-19H,4-16H2,1-3H3,(H,23,24);1H. The van der Waals surface area contributed by atoms with Gasteiger partial charge in [-0.25, -0.2) is 0 Å². The molecule has 0 radical (unpaired) electrons. The second-order valence-corrected chi connectivity index (χ2v) is 9.24. The predicted molar refractivity (Wildman–Crippen MR) is 130 cm³/mol. The highest BCUT2D eigenvalue weighted by Crippen LogP contribution is 2.57. The number of halogens is 1. The first kappa shape index (κ1) is 24.0. The van der Waals surface area contributed by atoms with Crippen LogP contribution in [0, 0.1) is 5.41 Å². The Bertz CT molecular complexity index is 613. The molecule has 3 unspecified atom stereocenters. The second kappa shape index (κ2) is 10.3. The maximum Gasteiger partial charge on any atom is 0.239 e. The molecule has 2 saturated heterocycles. The summed E-state index contributed by atoms with van der Waals surface area (Å²) >= 11 is 0. The summed E-state index contributed by atoms with van der Waals surface area (Å²) in [4.78, 5) is 24.1. The molecule has 0 aromatic heterocycles. The summed E-state index contributed by atoms with van der Waals surface area (Å²) < 4.78 is 6.00. The number of nitrogens with one attached hydrogen (secondary N) is 1. The van der Waals surface area contributed by atoms with Crippen molar-refractivity contribution in [2.45, 2.75) is 70.6 Å². The van der Waals surface area contributed by atoms with Crippen molar-refractivity contribution in [3.05, 3.63) is 0 Å². The largest absolute Gasteiger partial charge is 0.378 e. The molecule has 3 atom stereocenters. The van der Waals surface area contributed by atoms with Crippen LogP contribution in [0.15, 0.2) is 4.99 Å². The first-order valence-corrected chi connectivity index (χ1v) is 11.7. The van der Waals surface area contributed by atoms with Gasteiger partial charge in [0.05, 0.1) is 12.1 Å². The van der Waals surface area contributed by atoms with Crippen LogP contribution in [0.4, 0.5) is 0 Å². The van der Waals surface area contributed by atoms with Gasteiger partial charge in [-0.3, -0.25) is 14.7 Å². The molecule has 1 spiro atoms. The number of guanidine groups is 1. The highest BCUT2D eigenvalue weighted by atomic mass is 127. The molecule has 0 aromatic carbocycles. The topological polar surface area (TPSA) is 60.4 Å². The van der Waals surface area contributed by atoms with Crippen molar-refractivity contribution in [2.24, 2.45) is 10.4 Å². The minimum absolute atomic E-state index is 0. The molecule has 4 aliphatic rings. The molecule has 8 heteroatoms. The number of ether oxygens (including phenoxy) is 1. The fraction of sp³-hybridized carbons (Fsp3) is 0.909. The Hall–Kier alpha value is -0.610. The molecule has 0 bridgehead atoms. The number of carbonyl (C=O) groups excluding carboxylic acids is 1. The first-order valence-electron chi connectivity index (χ1n) is 11.7. The van der Waals surface area contributed by atoms with Gasteiger partial charge in [-0.1, -0.05) is 6.42 Å². The van der Waals surface area contributed by atoms with E-state index in [1.54, 1.807) is 0 Å². The minimum Gasteiger partial charge on any atom is -0.378 e. The molecular formula is C22H40IN5O2. The number of likely N-dealkylation sites (tertiary alicyclic amines) is 1. The number of aliphatic imine (C=N–C) groups is 1. The Morgan fingerprint density at radius 3 is 2.30 bits per heavy atom. The van der Waals surface area contributed by atoms with Crippen molar-refractivity contribution in [2.75, 3.05) is 52.9 Å². The second-order valence-electron chi connectivity index (χ2n) is 9.24. The lowest BCUT2D eigenvalue weighted by molar-refractivity contribution is -0.169. The molecule has 1 amide bonds. The molecule has 2 saturated carbocycles. The summed E-state index contributed by atoms with van der Waals surface area (Å²) in [6.07, 6.45) is 7.69. The van der Waals surface area contributed by atoms with Gasteiger partial charge in [0.2, 0.25) is 5.91 Å². The molecule has 4 fully saturated rings. The van der Waals surface area contributed by atoms with E-state index in [0.29, 0.717) is 23.5 Å². The van der Waals surface area contributed by atoms with Crippen LogP contribution in [0.25, 0.3) is 0 Å². The van der Waals surface area contributed by atoms with Crippen LogP contribution in [0.5, 0.6) is 0 Å². The minimum atomic E-state index is -0.0120. The Morgan fingerprint density at radius 1 is 1.10 bits per heavy atom.